The lowest BCUT2D eigenvalue weighted by Gasteiger charge is -2.21. The zero-order valence-electron chi connectivity index (χ0n) is 10.6. The Kier molecular flexibility index (Phi) is 6.57. The number of ether oxygens (including phenoxy) is 1. The molecule has 0 aliphatic rings. The van der Waals surface area contributed by atoms with Crippen molar-refractivity contribution in [2.45, 2.75) is 59.6 Å². The summed E-state index contributed by atoms with van der Waals surface area (Å²) >= 11 is 0. The maximum Gasteiger partial charge on any atom is 0.323 e. The lowest BCUT2D eigenvalue weighted by molar-refractivity contribution is -0.151. The van der Waals surface area contributed by atoms with E-state index in [1.807, 2.05) is 20.8 Å². The largest absolute Gasteiger partial charge is 0.461 e. The van der Waals surface area contributed by atoms with Crippen molar-refractivity contribution < 1.29 is 9.53 Å². The van der Waals surface area contributed by atoms with Crippen molar-refractivity contribution in [3.05, 3.63) is 0 Å². The Hall–Kier alpha value is -0.570. The van der Waals surface area contributed by atoms with Gasteiger partial charge < -0.3 is 10.5 Å². The van der Waals surface area contributed by atoms with E-state index in [0.717, 1.165) is 12.8 Å². The molecule has 0 radical (unpaired) electrons. The highest BCUT2D eigenvalue weighted by atomic mass is 16.5. The van der Waals surface area contributed by atoms with E-state index < -0.39 is 6.04 Å². The minimum atomic E-state index is -0.482. The van der Waals surface area contributed by atoms with E-state index in [4.69, 9.17) is 10.5 Å². The summed E-state index contributed by atoms with van der Waals surface area (Å²) in [5.74, 6) is 0.453. The Morgan fingerprint density at radius 1 is 1.27 bits per heavy atom. The lowest BCUT2D eigenvalue weighted by Crippen LogP contribution is -2.39. The van der Waals surface area contributed by atoms with E-state index in [2.05, 4.69) is 13.8 Å². The Bertz CT molecular complexity index is 192. The van der Waals surface area contributed by atoms with Gasteiger partial charge in [-0.1, -0.05) is 34.1 Å². The molecule has 2 N–H and O–H groups in total. The van der Waals surface area contributed by atoms with Gasteiger partial charge in [0.25, 0.3) is 0 Å². The van der Waals surface area contributed by atoms with Gasteiger partial charge in [-0.25, -0.2) is 0 Å². The van der Waals surface area contributed by atoms with Crippen LogP contribution in [0.15, 0.2) is 0 Å². The average Bonchev–Trinajstić information content (AvgIpc) is 2.13. The third-order valence-electron chi connectivity index (χ3n) is 2.65. The van der Waals surface area contributed by atoms with E-state index in [9.17, 15) is 4.79 Å². The molecule has 15 heavy (non-hydrogen) atoms. The third kappa shape index (κ3) is 5.78. The van der Waals surface area contributed by atoms with Gasteiger partial charge in [-0.3, -0.25) is 4.79 Å². The van der Waals surface area contributed by atoms with Crippen LogP contribution < -0.4 is 5.73 Å². The first-order chi connectivity index (χ1) is 6.88. The molecule has 0 rings (SSSR count). The molecule has 0 aromatic heterocycles. The summed E-state index contributed by atoms with van der Waals surface area (Å²) in [6.45, 7) is 10.1. The number of carbonyl (C=O) groups excluding carboxylic acids is 1. The van der Waals surface area contributed by atoms with Crippen LogP contribution >= 0.6 is 0 Å². The molecule has 0 amide bonds. The number of nitrogens with two attached hydrogens (primary N) is 1. The summed E-state index contributed by atoms with van der Waals surface area (Å²) in [7, 11) is 0. The van der Waals surface area contributed by atoms with Gasteiger partial charge in [-0.05, 0) is 25.2 Å². The Labute approximate surface area is 93.4 Å². The molecular formula is C12H25NO2. The quantitative estimate of drug-likeness (QED) is 0.692. The fraction of sp³-hybridized carbons (Fsp3) is 0.917. The zero-order chi connectivity index (χ0) is 12.0. The SMILES string of the molecule is CC[C@H](C)[C@H](N)C(=O)OC(C)CC(C)C. The highest BCUT2D eigenvalue weighted by Crippen LogP contribution is 2.11. The van der Waals surface area contributed by atoms with Crippen molar-refractivity contribution in [1.82, 2.24) is 0 Å². The highest BCUT2D eigenvalue weighted by molar-refractivity contribution is 5.75. The van der Waals surface area contributed by atoms with E-state index >= 15 is 0 Å². The third-order valence-corrected chi connectivity index (χ3v) is 2.65. The predicted molar refractivity (Wildman–Crippen MR) is 62.4 cm³/mol. The summed E-state index contributed by atoms with van der Waals surface area (Å²) in [5.41, 5.74) is 5.78. The van der Waals surface area contributed by atoms with Gasteiger partial charge >= 0.3 is 5.97 Å². The first-order valence-corrected chi connectivity index (χ1v) is 5.84. The highest BCUT2D eigenvalue weighted by Gasteiger charge is 2.22. The van der Waals surface area contributed by atoms with Gasteiger partial charge in [0.2, 0.25) is 0 Å². The molecule has 3 atom stereocenters. The van der Waals surface area contributed by atoms with Crippen LogP contribution in [0.2, 0.25) is 0 Å². The minimum Gasteiger partial charge on any atom is -0.461 e. The number of esters is 1. The van der Waals surface area contributed by atoms with Crippen LogP contribution in [0.3, 0.4) is 0 Å². The zero-order valence-corrected chi connectivity index (χ0v) is 10.6. The lowest BCUT2D eigenvalue weighted by atomic mass is 10.0. The van der Waals surface area contributed by atoms with E-state index in [1.165, 1.54) is 0 Å². The van der Waals surface area contributed by atoms with Crippen molar-refractivity contribution in [1.29, 1.82) is 0 Å². The van der Waals surface area contributed by atoms with Crippen LogP contribution in [0, 0.1) is 11.8 Å². The molecular weight excluding hydrogens is 190 g/mol. The second-order valence-corrected chi connectivity index (χ2v) is 4.79. The van der Waals surface area contributed by atoms with Gasteiger partial charge in [-0.15, -0.1) is 0 Å². The Morgan fingerprint density at radius 2 is 1.80 bits per heavy atom. The smallest absolute Gasteiger partial charge is 0.323 e. The first kappa shape index (κ1) is 14.4. The van der Waals surface area contributed by atoms with Gasteiger partial charge in [0, 0.05) is 0 Å². The van der Waals surface area contributed by atoms with Crippen LogP contribution in [0.1, 0.15) is 47.5 Å². The molecule has 90 valence electrons. The summed E-state index contributed by atoms with van der Waals surface area (Å²) in [5, 5.41) is 0. The predicted octanol–water partition coefficient (Wildman–Crippen LogP) is 2.34. The molecule has 0 aromatic carbocycles. The van der Waals surface area contributed by atoms with Crippen molar-refractivity contribution >= 4 is 5.97 Å². The molecule has 3 heteroatoms. The van der Waals surface area contributed by atoms with Crippen molar-refractivity contribution in [2.75, 3.05) is 0 Å². The standard InChI is InChI=1S/C12H25NO2/c1-6-9(4)11(13)12(14)15-10(5)7-8(2)3/h8-11H,6-7,13H2,1-5H3/t9-,10?,11-/m0/s1. The molecule has 0 fully saturated rings. The number of hydrogen-bond donors (Lipinski definition) is 1. The maximum atomic E-state index is 11.6. The Balaban J connectivity index is 4.01. The molecule has 0 bridgehead atoms. The van der Waals surface area contributed by atoms with Crippen LogP contribution in [-0.4, -0.2) is 18.1 Å². The average molecular weight is 215 g/mol. The van der Waals surface area contributed by atoms with E-state index in [1.54, 1.807) is 0 Å². The number of carbonyl (C=O) groups is 1. The first-order valence-electron chi connectivity index (χ1n) is 5.84. The van der Waals surface area contributed by atoms with Gasteiger partial charge in [0.05, 0.1) is 6.10 Å². The number of hydrogen-bond acceptors (Lipinski definition) is 3. The van der Waals surface area contributed by atoms with Crippen LogP contribution in [0.5, 0.6) is 0 Å². The summed E-state index contributed by atoms with van der Waals surface area (Å²) in [6, 6.07) is -0.482. The second-order valence-electron chi connectivity index (χ2n) is 4.79. The molecule has 3 nitrogen and oxygen atoms in total. The van der Waals surface area contributed by atoms with E-state index in [-0.39, 0.29) is 18.0 Å². The monoisotopic (exact) mass is 215 g/mol. The van der Waals surface area contributed by atoms with Crippen molar-refractivity contribution in [2.24, 2.45) is 17.6 Å². The molecule has 0 aliphatic carbocycles. The molecule has 1 unspecified atom stereocenters. The molecule has 0 saturated heterocycles. The second kappa shape index (κ2) is 6.83. The molecule has 0 spiro atoms. The summed E-state index contributed by atoms with van der Waals surface area (Å²) < 4.78 is 5.28. The molecule has 0 heterocycles. The van der Waals surface area contributed by atoms with Crippen LogP contribution in [-0.2, 0) is 9.53 Å². The van der Waals surface area contributed by atoms with Crippen LogP contribution in [0.4, 0.5) is 0 Å². The molecule has 0 saturated carbocycles. The van der Waals surface area contributed by atoms with Gasteiger partial charge in [-0.2, -0.15) is 0 Å². The Morgan fingerprint density at radius 3 is 2.20 bits per heavy atom. The van der Waals surface area contributed by atoms with Gasteiger partial charge in [0.15, 0.2) is 0 Å². The number of rotatable bonds is 6. The molecule has 0 aliphatic heterocycles. The fourth-order valence-corrected chi connectivity index (χ4v) is 1.48. The topological polar surface area (TPSA) is 52.3 Å². The van der Waals surface area contributed by atoms with Crippen molar-refractivity contribution in [3.63, 3.8) is 0 Å². The maximum absolute atomic E-state index is 11.6. The summed E-state index contributed by atoms with van der Waals surface area (Å²) in [4.78, 5) is 11.6. The summed E-state index contributed by atoms with van der Waals surface area (Å²) in [6.07, 6.45) is 1.75. The minimum absolute atomic E-state index is 0.0346. The van der Waals surface area contributed by atoms with E-state index in [0.29, 0.717) is 5.92 Å². The van der Waals surface area contributed by atoms with Crippen molar-refractivity contribution in [3.8, 4) is 0 Å². The molecule has 0 aromatic rings. The van der Waals surface area contributed by atoms with Gasteiger partial charge in [0.1, 0.15) is 6.04 Å². The fourth-order valence-electron chi connectivity index (χ4n) is 1.48. The normalized spacial score (nSPS) is 17.3. The van der Waals surface area contributed by atoms with Crippen LogP contribution in [0.25, 0.3) is 0 Å².